The first-order valence-electron chi connectivity index (χ1n) is 18.6. The van der Waals surface area contributed by atoms with Crippen molar-refractivity contribution in [2.75, 3.05) is 0 Å². The maximum absolute atomic E-state index is 5.16. The number of fused-ring (bicyclic) bond motifs is 7. The van der Waals surface area contributed by atoms with Crippen molar-refractivity contribution in [3.05, 3.63) is 194 Å². The number of aromatic nitrogens is 4. The maximum Gasteiger partial charge on any atom is 0.164 e. The molecule has 0 amide bonds. The average Bonchev–Trinajstić information content (AvgIpc) is 3.59. The first-order chi connectivity index (χ1) is 27.2. The van der Waals surface area contributed by atoms with Crippen LogP contribution in [0.2, 0.25) is 0 Å². The Labute approximate surface area is 317 Å². The van der Waals surface area contributed by atoms with Crippen molar-refractivity contribution >= 4 is 54.1 Å². The van der Waals surface area contributed by atoms with Crippen LogP contribution in [0.25, 0.3) is 105 Å². The van der Waals surface area contributed by atoms with Crippen LogP contribution in [0.3, 0.4) is 0 Å². The Morgan fingerprint density at radius 2 is 0.855 bits per heavy atom. The summed E-state index contributed by atoms with van der Waals surface area (Å²) in [6.45, 7) is 0. The third kappa shape index (κ3) is 5.26. The lowest BCUT2D eigenvalue weighted by molar-refractivity contribution is 1.07. The Hall–Kier alpha value is -7.43. The summed E-state index contributed by atoms with van der Waals surface area (Å²) in [7, 11) is 0. The van der Waals surface area contributed by atoms with E-state index in [9.17, 15) is 0 Å². The molecule has 0 aliphatic heterocycles. The van der Waals surface area contributed by atoms with Crippen molar-refractivity contribution in [1.82, 2.24) is 19.5 Å². The minimum absolute atomic E-state index is 0.625. The molecular weight excluding hydrogens is 669 g/mol. The molecule has 11 aromatic rings. The van der Waals surface area contributed by atoms with Crippen molar-refractivity contribution in [2.24, 2.45) is 0 Å². The third-order valence-electron chi connectivity index (χ3n) is 10.8. The van der Waals surface area contributed by atoms with Gasteiger partial charge < -0.3 is 4.57 Å². The summed E-state index contributed by atoms with van der Waals surface area (Å²) in [4.78, 5) is 15.3. The topological polar surface area (TPSA) is 43.6 Å². The highest BCUT2D eigenvalue weighted by molar-refractivity contribution is 6.20. The summed E-state index contributed by atoms with van der Waals surface area (Å²) in [5.74, 6) is 1.89. The molecular formula is C51H32N4. The molecule has 0 aliphatic carbocycles. The quantitative estimate of drug-likeness (QED) is 0.179. The van der Waals surface area contributed by atoms with Gasteiger partial charge in [0.15, 0.2) is 17.5 Å². The van der Waals surface area contributed by atoms with Gasteiger partial charge in [-0.05, 0) is 62.3 Å². The first kappa shape index (κ1) is 31.1. The van der Waals surface area contributed by atoms with Crippen LogP contribution in [0.5, 0.6) is 0 Å². The number of hydrogen-bond acceptors (Lipinski definition) is 3. The van der Waals surface area contributed by atoms with Gasteiger partial charge in [-0.1, -0.05) is 170 Å². The van der Waals surface area contributed by atoms with Crippen LogP contribution < -0.4 is 0 Å². The summed E-state index contributed by atoms with van der Waals surface area (Å²) in [5.41, 5.74) is 8.54. The largest absolute Gasteiger partial charge is 0.309 e. The van der Waals surface area contributed by atoms with Crippen LogP contribution in [0.1, 0.15) is 0 Å². The molecule has 0 spiro atoms. The van der Waals surface area contributed by atoms with Crippen LogP contribution in [0, 0.1) is 0 Å². The highest BCUT2D eigenvalue weighted by Crippen LogP contribution is 2.39. The minimum atomic E-state index is 0.625. The number of rotatable bonds is 5. The Kier molecular flexibility index (Phi) is 7.14. The van der Waals surface area contributed by atoms with E-state index < -0.39 is 0 Å². The molecule has 0 fully saturated rings. The lowest BCUT2D eigenvalue weighted by atomic mass is 9.97. The smallest absolute Gasteiger partial charge is 0.164 e. The van der Waals surface area contributed by atoms with Gasteiger partial charge >= 0.3 is 0 Å². The molecule has 0 saturated heterocycles. The number of nitrogens with zero attached hydrogens (tertiary/aromatic N) is 4. The van der Waals surface area contributed by atoms with Crippen LogP contribution in [-0.4, -0.2) is 19.5 Å². The fourth-order valence-electron chi connectivity index (χ4n) is 8.14. The van der Waals surface area contributed by atoms with E-state index in [1.165, 1.54) is 54.2 Å². The van der Waals surface area contributed by atoms with Crippen LogP contribution in [0.15, 0.2) is 194 Å². The SMILES string of the molecule is c1ccc(-c2nc(-c3ccc(-c4cccc5ccccc45)cc3)nc(-c3cccc(-n4c5cc6ccccc6cc5c5ccc6ccccc6c54)c3)n2)cc1. The molecule has 4 heteroatoms. The van der Waals surface area contributed by atoms with Crippen LogP contribution >= 0.6 is 0 Å². The van der Waals surface area contributed by atoms with Crippen LogP contribution in [0.4, 0.5) is 0 Å². The number of benzene rings is 9. The second-order valence-corrected chi connectivity index (χ2v) is 14.1. The fourth-order valence-corrected chi connectivity index (χ4v) is 8.14. The van der Waals surface area contributed by atoms with Gasteiger partial charge in [0.05, 0.1) is 11.0 Å². The molecule has 0 radical (unpaired) electrons. The van der Waals surface area contributed by atoms with E-state index in [4.69, 9.17) is 15.0 Å². The monoisotopic (exact) mass is 700 g/mol. The molecule has 4 nitrogen and oxygen atoms in total. The predicted molar refractivity (Wildman–Crippen MR) is 228 cm³/mol. The minimum Gasteiger partial charge on any atom is -0.309 e. The van der Waals surface area contributed by atoms with E-state index in [1.807, 2.05) is 18.2 Å². The van der Waals surface area contributed by atoms with E-state index in [1.54, 1.807) is 0 Å². The molecule has 256 valence electrons. The number of hydrogen-bond donors (Lipinski definition) is 0. The summed E-state index contributed by atoms with van der Waals surface area (Å²) in [5, 5.41) is 9.77. The maximum atomic E-state index is 5.16. The van der Waals surface area contributed by atoms with Gasteiger partial charge in [0.25, 0.3) is 0 Å². The Morgan fingerprint density at radius 1 is 0.309 bits per heavy atom. The molecule has 55 heavy (non-hydrogen) atoms. The third-order valence-corrected chi connectivity index (χ3v) is 10.8. The van der Waals surface area contributed by atoms with Gasteiger partial charge in [0.1, 0.15) is 0 Å². The summed E-state index contributed by atoms with van der Waals surface area (Å²) in [6.07, 6.45) is 0. The summed E-state index contributed by atoms with van der Waals surface area (Å²) >= 11 is 0. The zero-order chi connectivity index (χ0) is 36.3. The summed E-state index contributed by atoms with van der Waals surface area (Å²) < 4.78 is 2.41. The van der Waals surface area contributed by atoms with E-state index in [-0.39, 0.29) is 0 Å². The van der Waals surface area contributed by atoms with Gasteiger partial charge in [-0.15, -0.1) is 0 Å². The normalized spacial score (nSPS) is 11.6. The lowest BCUT2D eigenvalue weighted by Gasteiger charge is -2.13. The van der Waals surface area contributed by atoms with Crippen molar-refractivity contribution in [1.29, 1.82) is 0 Å². The van der Waals surface area contributed by atoms with Crippen molar-refractivity contribution in [3.63, 3.8) is 0 Å². The lowest BCUT2D eigenvalue weighted by Crippen LogP contribution is -2.01. The average molecular weight is 701 g/mol. The van der Waals surface area contributed by atoms with Crippen molar-refractivity contribution in [3.8, 4) is 51.0 Å². The van der Waals surface area contributed by atoms with Gasteiger partial charge in [-0.2, -0.15) is 0 Å². The molecule has 0 unspecified atom stereocenters. The van der Waals surface area contributed by atoms with E-state index in [2.05, 4.69) is 180 Å². The second-order valence-electron chi connectivity index (χ2n) is 14.1. The molecule has 2 heterocycles. The zero-order valence-electron chi connectivity index (χ0n) is 29.8. The Balaban J connectivity index is 1.09. The molecule has 2 aromatic heterocycles. The molecule has 0 aliphatic rings. The van der Waals surface area contributed by atoms with Crippen LogP contribution in [-0.2, 0) is 0 Å². The Morgan fingerprint density at radius 3 is 1.62 bits per heavy atom. The second kappa shape index (κ2) is 12.6. The molecule has 0 saturated carbocycles. The van der Waals surface area contributed by atoms with Gasteiger partial charge in [-0.3, -0.25) is 0 Å². The molecule has 9 aromatic carbocycles. The first-order valence-corrected chi connectivity index (χ1v) is 18.6. The van der Waals surface area contributed by atoms with Gasteiger partial charge in [0.2, 0.25) is 0 Å². The Bertz CT molecular complexity index is 3250. The highest BCUT2D eigenvalue weighted by Gasteiger charge is 2.18. The molecule has 11 rings (SSSR count). The molecule has 0 N–H and O–H groups in total. The van der Waals surface area contributed by atoms with E-state index >= 15 is 0 Å². The standard InChI is InChI=1S/C51H32N4/c1-2-14-36(15-3-1)49-52-50(37-26-24-35(25-27-37)43-23-11-18-33-12-6-8-21-42(33)43)54-51(53-49)40-19-10-20-41(30-40)55-47-32-39-17-5-4-16-38(39)31-46(47)45-29-28-34-13-7-9-22-44(34)48(45)55/h1-32H. The van der Waals surface area contributed by atoms with Gasteiger partial charge in [0, 0.05) is 38.5 Å². The van der Waals surface area contributed by atoms with Crippen molar-refractivity contribution < 1.29 is 0 Å². The van der Waals surface area contributed by atoms with Crippen molar-refractivity contribution in [2.45, 2.75) is 0 Å². The zero-order valence-corrected chi connectivity index (χ0v) is 29.8. The van der Waals surface area contributed by atoms with Gasteiger partial charge in [-0.25, -0.2) is 15.0 Å². The summed E-state index contributed by atoms with van der Waals surface area (Å²) in [6, 6.07) is 68.7. The van der Waals surface area contributed by atoms with E-state index in [0.717, 1.165) is 33.5 Å². The van der Waals surface area contributed by atoms with E-state index in [0.29, 0.717) is 17.5 Å². The molecule has 0 bridgehead atoms. The highest BCUT2D eigenvalue weighted by atomic mass is 15.0. The fraction of sp³-hybridized carbons (Fsp3) is 0. The molecule has 0 atom stereocenters. The predicted octanol–water partition coefficient (Wildman–Crippen LogP) is 13.1.